The Balaban J connectivity index is 2.26. The molecule has 0 amide bonds. The summed E-state index contributed by atoms with van der Waals surface area (Å²) in [5, 5.41) is 20.4. The van der Waals surface area contributed by atoms with Gasteiger partial charge in [0.25, 0.3) is 0 Å². The van der Waals surface area contributed by atoms with E-state index in [-0.39, 0.29) is 6.10 Å². The van der Waals surface area contributed by atoms with Crippen molar-refractivity contribution in [1.82, 2.24) is 20.2 Å². The fourth-order valence-corrected chi connectivity index (χ4v) is 1.91. The van der Waals surface area contributed by atoms with Crippen molar-refractivity contribution in [3.8, 4) is 0 Å². The number of H-pyrrole nitrogens is 1. The van der Waals surface area contributed by atoms with Gasteiger partial charge in [-0.25, -0.2) is 0 Å². The first-order valence-electron chi connectivity index (χ1n) is 6.96. The molecular formula is C13H22N6O. The molecule has 7 nitrogen and oxygen atoms in total. The molecule has 20 heavy (non-hydrogen) atoms. The molecule has 0 radical (unpaired) electrons. The van der Waals surface area contributed by atoms with Gasteiger partial charge in [-0.1, -0.05) is 6.92 Å². The smallest absolute Gasteiger partial charge is 0.226 e. The van der Waals surface area contributed by atoms with E-state index in [2.05, 4.69) is 32.4 Å². The van der Waals surface area contributed by atoms with Crippen LogP contribution in [0.15, 0.2) is 6.20 Å². The number of hydrogen-bond donors (Lipinski definition) is 3. The van der Waals surface area contributed by atoms with Gasteiger partial charge in [-0.15, -0.1) is 0 Å². The van der Waals surface area contributed by atoms with E-state index in [9.17, 15) is 5.11 Å². The Morgan fingerprint density at radius 1 is 1.45 bits per heavy atom. The fraction of sp³-hybridized carbons (Fsp3) is 0.615. The lowest BCUT2D eigenvalue weighted by atomic mass is 10.2. The second-order valence-corrected chi connectivity index (χ2v) is 4.99. The summed E-state index contributed by atoms with van der Waals surface area (Å²) in [6.07, 6.45) is 3.11. The highest BCUT2D eigenvalue weighted by molar-refractivity contribution is 5.87. The van der Waals surface area contributed by atoms with Crippen molar-refractivity contribution in [2.75, 3.05) is 30.4 Å². The third kappa shape index (κ3) is 3.36. The van der Waals surface area contributed by atoms with Gasteiger partial charge in [0, 0.05) is 20.1 Å². The summed E-state index contributed by atoms with van der Waals surface area (Å²) in [5.74, 6) is 1.42. The Kier molecular flexibility index (Phi) is 4.73. The number of aliphatic hydroxyl groups is 1. The minimum absolute atomic E-state index is 0.322. The Bertz CT molecular complexity index is 553. The zero-order valence-electron chi connectivity index (χ0n) is 12.2. The molecule has 2 aromatic rings. The van der Waals surface area contributed by atoms with Crippen molar-refractivity contribution in [2.45, 2.75) is 32.8 Å². The highest BCUT2D eigenvalue weighted by Crippen LogP contribution is 2.23. The van der Waals surface area contributed by atoms with E-state index in [1.165, 1.54) is 0 Å². The molecule has 1 unspecified atom stereocenters. The Morgan fingerprint density at radius 2 is 2.25 bits per heavy atom. The SMILES string of the molecule is CCCNc1nc(N(C)CCC(C)O)c2cn[nH]c2n1. The van der Waals surface area contributed by atoms with Gasteiger partial charge in [-0.05, 0) is 19.8 Å². The predicted octanol–water partition coefficient (Wildman–Crippen LogP) is 1.38. The van der Waals surface area contributed by atoms with E-state index in [0.29, 0.717) is 12.4 Å². The van der Waals surface area contributed by atoms with Crippen LogP contribution in [0.1, 0.15) is 26.7 Å². The number of fused-ring (bicyclic) bond motifs is 1. The Morgan fingerprint density at radius 3 is 2.95 bits per heavy atom. The summed E-state index contributed by atoms with van der Waals surface area (Å²) < 4.78 is 0. The normalized spacial score (nSPS) is 12.6. The number of nitrogens with one attached hydrogen (secondary N) is 2. The van der Waals surface area contributed by atoms with Crippen LogP contribution in [0.25, 0.3) is 11.0 Å². The van der Waals surface area contributed by atoms with Crippen LogP contribution in [-0.2, 0) is 0 Å². The van der Waals surface area contributed by atoms with Crippen molar-refractivity contribution in [3.63, 3.8) is 0 Å². The van der Waals surface area contributed by atoms with E-state index in [1.54, 1.807) is 13.1 Å². The lowest BCUT2D eigenvalue weighted by Crippen LogP contribution is -2.23. The molecule has 0 bridgehead atoms. The van der Waals surface area contributed by atoms with Crippen molar-refractivity contribution >= 4 is 22.8 Å². The molecule has 0 aliphatic carbocycles. The van der Waals surface area contributed by atoms with E-state index in [4.69, 9.17) is 0 Å². The molecule has 0 fully saturated rings. The van der Waals surface area contributed by atoms with E-state index < -0.39 is 0 Å². The van der Waals surface area contributed by atoms with E-state index in [0.717, 1.165) is 36.4 Å². The molecule has 7 heteroatoms. The van der Waals surface area contributed by atoms with Gasteiger partial charge >= 0.3 is 0 Å². The van der Waals surface area contributed by atoms with Crippen molar-refractivity contribution in [1.29, 1.82) is 0 Å². The average molecular weight is 278 g/mol. The first kappa shape index (κ1) is 14.5. The number of nitrogens with zero attached hydrogens (tertiary/aromatic N) is 4. The van der Waals surface area contributed by atoms with Crippen molar-refractivity contribution in [2.24, 2.45) is 0 Å². The largest absolute Gasteiger partial charge is 0.393 e. The molecule has 0 saturated heterocycles. The van der Waals surface area contributed by atoms with Gasteiger partial charge in [0.15, 0.2) is 5.65 Å². The van der Waals surface area contributed by atoms with Crippen LogP contribution in [0.4, 0.5) is 11.8 Å². The molecule has 2 heterocycles. The van der Waals surface area contributed by atoms with Crippen LogP contribution < -0.4 is 10.2 Å². The van der Waals surface area contributed by atoms with Crippen LogP contribution in [0.5, 0.6) is 0 Å². The van der Waals surface area contributed by atoms with Crippen LogP contribution in [-0.4, -0.2) is 51.5 Å². The van der Waals surface area contributed by atoms with Gasteiger partial charge in [-0.3, -0.25) is 5.10 Å². The molecule has 0 aliphatic heterocycles. The minimum Gasteiger partial charge on any atom is -0.393 e. The molecule has 0 saturated carbocycles. The first-order valence-corrected chi connectivity index (χ1v) is 6.96. The quantitative estimate of drug-likeness (QED) is 0.709. The first-order chi connectivity index (χ1) is 9.61. The van der Waals surface area contributed by atoms with E-state index in [1.807, 2.05) is 11.9 Å². The molecular weight excluding hydrogens is 256 g/mol. The van der Waals surface area contributed by atoms with Crippen LogP contribution in [0, 0.1) is 0 Å². The fourth-order valence-electron chi connectivity index (χ4n) is 1.91. The van der Waals surface area contributed by atoms with Crippen molar-refractivity contribution < 1.29 is 5.11 Å². The van der Waals surface area contributed by atoms with Gasteiger partial charge < -0.3 is 15.3 Å². The maximum Gasteiger partial charge on any atom is 0.226 e. The third-order valence-corrected chi connectivity index (χ3v) is 3.07. The molecule has 2 rings (SSSR count). The summed E-state index contributed by atoms with van der Waals surface area (Å²) in [7, 11) is 1.96. The maximum absolute atomic E-state index is 9.40. The number of hydrogen-bond acceptors (Lipinski definition) is 6. The van der Waals surface area contributed by atoms with Gasteiger partial charge in [0.1, 0.15) is 5.82 Å². The summed E-state index contributed by atoms with van der Waals surface area (Å²) in [6, 6.07) is 0. The van der Waals surface area contributed by atoms with Crippen LogP contribution in [0.3, 0.4) is 0 Å². The molecule has 0 aliphatic rings. The monoisotopic (exact) mass is 278 g/mol. The van der Waals surface area contributed by atoms with Crippen LogP contribution >= 0.6 is 0 Å². The molecule has 1 atom stereocenters. The minimum atomic E-state index is -0.322. The standard InChI is InChI=1S/C13H22N6O/c1-4-6-14-13-16-11-10(8-15-18-11)12(17-13)19(3)7-5-9(2)20/h8-9,20H,4-7H2,1-3H3,(H2,14,15,16,17,18). The zero-order valence-corrected chi connectivity index (χ0v) is 12.2. The third-order valence-electron chi connectivity index (χ3n) is 3.07. The number of aliphatic hydroxyl groups excluding tert-OH is 1. The zero-order chi connectivity index (χ0) is 14.5. The van der Waals surface area contributed by atoms with Gasteiger partial charge in [0.2, 0.25) is 5.95 Å². The van der Waals surface area contributed by atoms with E-state index >= 15 is 0 Å². The summed E-state index contributed by atoms with van der Waals surface area (Å²) >= 11 is 0. The Labute approximate surface area is 118 Å². The summed E-state index contributed by atoms with van der Waals surface area (Å²) in [6.45, 7) is 5.44. The second kappa shape index (κ2) is 6.51. The Hall–Kier alpha value is -1.89. The number of aromatic amines is 1. The van der Waals surface area contributed by atoms with Gasteiger partial charge in [-0.2, -0.15) is 15.1 Å². The van der Waals surface area contributed by atoms with Crippen LogP contribution in [0.2, 0.25) is 0 Å². The number of rotatable bonds is 7. The molecule has 110 valence electrons. The average Bonchev–Trinajstić information content (AvgIpc) is 2.89. The molecule has 3 N–H and O–H groups in total. The number of aromatic nitrogens is 4. The second-order valence-electron chi connectivity index (χ2n) is 4.99. The van der Waals surface area contributed by atoms with Gasteiger partial charge in [0.05, 0.1) is 17.7 Å². The molecule has 0 aromatic carbocycles. The topological polar surface area (TPSA) is 90.0 Å². The summed E-state index contributed by atoms with van der Waals surface area (Å²) in [4.78, 5) is 11.0. The maximum atomic E-state index is 9.40. The highest BCUT2D eigenvalue weighted by Gasteiger charge is 2.13. The summed E-state index contributed by atoms with van der Waals surface area (Å²) in [5.41, 5.74) is 0.720. The molecule has 2 aromatic heterocycles. The number of anilines is 2. The highest BCUT2D eigenvalue weighted by atomic mass is 16.3. The lowest BCUT2D eigenvalue weighted by Gasteiger charge is -2.20. The van der Waals surface area contributed by atoms with Crippen molar-refractivity contribution in [3.05, 3.63) is 6.20 Å². The predicted molar refractivity (Wildman–Crippen MR) is 80.0 cm³/mol. The molecule has 0 spiro atoms. The lowest BCUT2D eigenvalue weighted by molar-refractivity contribution is 0.187.